The molecule has 0 aromatic rings. The maximum Gasteiger partial charge on any atom is 0.139 e. The summed E-state index contributed by atoms with van der Waals surface area (Å²) < 4.78 is 5.10. The number of ether oxygens (including phenoxy) is 1. The Morgan fingerprint density at radius 2 is 2.31 bits per heavy atom. The van der Waals surface area contributed by atoms with Crippen molar-refractivity contribution in [1.29, 1.82) is 0 Å². The number of hydrazine groups is 1. The average Bonchev–Trinajstić information content (AvgIpc) is 2.52. The van der Waals surface area contributed by atoms with Crippen LogP contribution < -0.4 is 10.7 Å². The molecular formula is C11H22N4O. The zero-order chi connectivity index (χ0) is 11.4. The topological polar surface area (TPSA) is 48.9 Å². The molecule has 2 aliphatic heterocycles. The lowest BCUT2D eigenvalue weighted by Crippen LogP contribution is -2.41. The van der Waals surface area contributed by atoms with E-state index in [1.54, 1.807) is 7.11 Å². The minimum absolute atomic E-state index is 0.282. The van der Waals surface area contributed by atoms with Gasteiger partial charge < -0.3 is 15.5 Å². The van der Waals surface area contributed by atoms with E-state index in [1.165, 1.54) is 19.3 Å². The minimum Gasteiger partial charge on any atom is -0.377 e. The Balaban J connectivity index is 1.96. The van der Waals surface area contributed by atoms with Crippen molar-refractivity contribution in [3.05, 3.63) is 0 Å². The number of hydrogen-bond acceptors (Lipinski definition) is 5. The van der Waals surface area contributed by atoms with Gasteiger partial charge in [0.25, 0.3) is 0 Å². The molecule has 1 saturated heterocycles. The Hall–Kier alpha value is -0.650. The Kier molecular flexibility index (Phi) is 4.15. The smallest absolute Gasteiger partial charge is 0.139 e. The zero-order valence-corrected chi connectivity index (χ0v) is 10.2. The molecule has 2 rings (SSSR count). The highest BCUT2D eigenvalue weighted by Crippen LogP contribution is 2.23. The van der Waals surface area contributed by atoms with E-state index in [9.17, 15) is 0 Å². The van der Waals surface area contributed by atoms with Gasteiger partial charge in [-0.25, -0.2) is 10.0 Å². The maximum atomic E-state index is 5.10. The predicted octanol–water partition coefficient (Wildman–Crippen LogP) is 0.197. The molecule has 0 spiro atoms. The summed E-state index contributed by atoms with van der Waals surface area (Å²) in [4.78, 5) is 4.70. The molecule has 0 radical (unpaired) electrons. The van der Waals surface area contributed by atoms with Gasteiger partial charge in [-0.3, -0.25) is 0 Å². The lowest BCUT2D eigenvalue weighted by atomic mass is 9.97. The van der Waals surface area contributed by atoms with Gasteiger partial charge in [-0.05, 0) is 38.3 Å². The molecule has 0 aliphatic carbocycles. The third-order valence-electron chi connectivity index (χ3n) is 3.31. The van der Waals surface area contributed by atoms with Gasteiger partial charge in [0.05, 0.1) is 0 Å². The number of amidine groups is 1. The lowest BCUT2D eigenvalue weighted by Gasteiger charge is -2.25. The van der Waals surface area contributed by atoms with E-state index in [0.29, 0.717) is 12.5 Å². The van der Waals surface area contributed by atoms with Crippen LogP contribution in [-0.4, -0.2) is 50.9 Å². The molecule has 5 heteroatoms. The third kappa shape index (κ3) is 2.72. The number of aliphatic imine (C=N–C) groups is 1. The number of rotatable bonds is 3. The molecule has 2 unspecified atom stereocenters. The molecule has 0 aromatic heterocycles. The van der Waals surface area contributed by atoms with E-state index in [0.717, 1.165) is 18.9 Å². The molecule has 2 atom stereocenters. The van der Waals surface area contributed by atoms with Crippen LogP contribution in [0.25, 0.3) is 0 Å². The van der Waals surface area contributed by atoms with Crippen molar-refractivity contribution < 1.29 is 4.74 Å². The molecule has 2 heterocycles. The van der Waals surface area contributed by atoms with Crippen LogP contribution in [0.5, 0.6) is 0 Å². The number of nitrogens with zero attached hydrogens (tertiary/aromatic N) is 2. The zero-order valence-electron chi connectivity index (χ0n) is 10.2. The first-order chi connectivity index (χ1) is 7.81. The highest BCUT2D eigenvalue weighted by molar-refractivity contribution is 5.84. The summed E-state index contributed by atoms with van der Waals surface area (Å²) in [5, 5.41) is 5.56. The van der Waals surface area contributed by atoms with Gasteiger partial charge >= 0.3 is 0 Å². The summed E-state index contributed by atoms with van der Waals surface area (Å²) in [6.45, 7) is 2.84. The van der Waals surface area contributed by atoms with Gasteiger partial charge in [-0.2, -0.15) is 0 Å². The maximum absolute atomic E-state index is 5.10. The molecule has 0 bridgehead atoms. The van der Waals surface area contributed by atoms with Crippen molar-refractivity contribution in [1.82, 2.24) is 15.8 Å². The van der Waals surface area contributed by atoms with Gasteiger partial charge in [-0.1, -0.05) is 0 Å². The van der Waals surface area contributed by atoms with Crippen LogP contribution in [0.15, 0.2) is 4.99 Å². The van der Waals surface area contributed by atoms with Crippen LogP contribution in [0, 0.1) is 5.92 Å². The minimum atomic E-state index is 0.282. The van der Waals surface area contributed by atoms with Crippen LogP contribution in [0.1, 0.15) is 19.3 Å². The summed E-state index contributed by atoms with van der Waals surface area (Å²) in [5.74, 6) is 1.61. The predicted molar refractivity (Wildman–Crippen MR) is 64.2 cm³/mol. The van der Waals surface area contributed by atoms with Crippen molar-refractivity contribution in [2.24, 2.45) is 10.9 Å². The second kappa shape index (κ2) is 5.61. The van der Waals surface area contributed by atoms with E-state index in [1.807, 2.05) is 0 Å². The molecule has 16 heavy (non-hydrogen) atoms. The van der Waals surface area contributed by atoms with E-state index in [4.69, 9.17) is 9.73 Å². The molecule has 1 fully saturated rings. The van der Waals surface area contributed by atoms with Crippen molar-refractivity contribution in [3.8, 4) is 0 Å². The van der Waals surface area contributed by atoms with Gasteiger partial charge in [0.15, 0.2) is 0 Å². The Bertz CT molecular complexity index is 248. The largest absolute Gasteiger partial charge is 0.377 e. The van der Waals surface area contributed by atoms with Crippen molar-refractivity contribution >= 4 is 5.84 Å². The highest BCUT2D eigenvalue weighted by atomic mass is 16.5. The second-order valence-corrected chi connectivity index (χ2v) is 4.59. The fourth-order valence-electron chi connectivity index (χ4n) is 2.52. The van der Waals surface area contributed by atoms with E-state index >= 15 is 0 Å². The van der Waals surface area contributed by atoms with Gasteiger partial charge in [0.1, 0.15) is 18.6 Å². The van der Waals surface area contributed by atoms with Crippen molar-refractivity contribution in [2.45, 2.75) is 25.4 Å². The Morgan fingerprint density at radius 1 is 1.44 bits per heavy atom. The lowest BCUT2D eigenvalue weighted by molar-refractivity contribution is 0.163. The molecule has 2 aliphatic rings. The first-order valence-corrected chi connectivity index (χ1v) is 6.07. The molecule has 2 N–H and O–H groups in total. The van der Waals surface area contributed by atoms with E-state index in [-0.39, 0.29) is 6.17 Å². The average molecular weight is 226 g/mol. The van der Waals surface area contributed by atoms with Crippen LogP contribution >= 0.6 is 0 Å². The summed E-state index contributed by atoms with van der Waals surface area (Å²) in [5.41, 5.74) is 3.26. The van der Waals surface area contributed by atoms with Crippen LogP contribution in [-0.2, 0) is 4.74 Å². The summed E-state index contributed by atoms with van der Waals surface area (Å²) >= 11 is 0. The van der Waals surface area contributed by atoms with E-state index < -0.39 is 0 Å². The van der Waals surface area contributed by atoms with Gasteiger partial charge in [-0.15, -0.1) is 0 Å². The van der Waals surface area contributed by atoms with Gasteiger partial charge in [0, 0.05) is 14.2 Å². The molecule has 92 valence electrons. The number of hydrogen-bond donors (Lipinski definition) is 2. The molecule has 0 amide bonds. The van der Waals surface area contributed by atoms with Crippen molar-refractivity contribution in [3.63, 3.8) is 0 Å². The van der Waals surface area contributed by atoms with Crippen LogP contribution in [0.2, 0.25) is 0 Å². The van der Waals surface area contributed by atoms with Crippen molar-refractivity contribution in [2.75, 3.05) is 33.9 Å². The third-order valence-corrected chi connectivity index (χ3v) is 3.31. The normalized spacial score (nSPS) is 32.0. The Labute approximate surface area is 97.2 Å². The first-order valence-electron chi connectivity index (χ1n) is 6.07. The first kappa shape index (κ1) is 11.8. The van der Waals surface area contributed by atoms with Crippen LogP contribution in [0.3, 0.4) is 0 Å². The highest BCUT2D eigenvalue weighted by Gasteiger charge is 2.30. The van der Waals surface area contributed by atoms with E-state index in [2.05, 4.69) is 22.8 Å². The monoisotopic (exact) mass is 226 g/mol. The molecule has 0 aromatic carbocycles. The molecule has 0 saturated carbocycles. The fraction of sp³-hybridized carbons (Fsp3) is 0.909. The Morgan fingerprint density at radius 3 is 3.12 bits per heavy atom. The quantitative estimate of drug-likeness (QED) is 0.721. The number of methoxy groups -OCH3 is 1. The summed E-state index contributed by atoms with van der Waals surface area (Å²) in [7, 11) is 3.77. The summed E-state index contributed by atoms with van der Waals surface area (Å²) in [6, 6.07) is 0. The standard InChI is InChI=1S/C11H22N4O/c1-15-11(13-10(14-15)8-16-2)9-4-3-6-12-7-5-9/h9,11-12H,3-8H2,1-2H3,(H,13,14). The molecular weight excluding hydrogens is 204 g/mol. The number of nitrogens with one attached hydrogen (secondary N) is 2. The SMILES string of the molecule is COCC1=NC(C2CCCNCC2)N(C)N1. The molecule has 5 nitrogen and oxygen atoms in total. The fourth-order valence-corrected chi connectivity index (χ4v) is 2.52. The van der Waals surface area contributed by atoms with Crippen LogP contribution in [0.4, 0.5) is 0 Å². The van der Waals surface area contributed by atoms with Gasteiger partial charge in [0.2, 0.25) is 0 Å². The summed E-state index contributed by atoms with van der Waals surface area (Å²) in [6.07, 6.45) is 4.00. The second-order valence-electron chi connectivity index (χ2n) is 4.59.